The van der Waals surface area contributed by atoms with Crippen molar-refractivity contribution in [1.29, 1.82) is 0 Å². The number of guanidine groups is 1. The Morgan fingerprint density at radius 2 is 2.00 bits per heavy atom. The van der Waals surface area contributed by atoms with Crippen LogP contribution in [0.25, 0.3) is 0 Å². The number of aryl methyl sites for hydroxylation is 2. The van der Waals surface area contributed by atoms with E-state index in [1.54, 1.807) is 0 Å². The summed E-state index contributed by atoms with van der Waals surface area (Å²) in [4.78, 5) is 4.16. The molecule has 2 aromatic carbocycles. The lowest BCUT2D eigenvalue weighted by Gasteiger charge is -2.12. The maximum Gasteiger partial charge on any atom is 0.193 e. The molecular weight excluding hydrogens is 429 g/mol. The van der Waals surface area contributed by atoms with Gasteiger partial charge in [0.2, 0.25) is 0 Å². The van der Waals surface area contributed by atoms with Crippen molar-refractivity contribution in [3.63, 3.8) is 0 Å². The van der Waals surface area contributed by atoms with Crippen molar-refractivity contribution in [3.05, 3.63) is 59.7 Å². The Morgan fingerprint density at radius 1 is 1.24 bits per heavy atom. The first-order chi connectivity index (χ1) is 11.6. The van der Waals surface area contributed by atoms with Crippen LogP contribution in [0.1, 0.15) is 18.1 Å². The summed E-state index contributed by atoms with van der Waals surface area (Å²) in [6, 6.07) is 15.7. The van der Waals surface area contributed by atoms with Crippen LogP contribution in [-0.2, 0) is 6.42 Å². The Kier molecular flexibility index (Phi) is 9.30. The first-order valence-corrected chi connectivity index (χ1v) is 8.10. The average Bonchev–Trinajstić information content (AvgIpc) is 2.58. The van der Waals surface area contributed by atoms with Crippen molar-refractivity contribution >= 4 is 35.6 Å². The number of anilines is 1. The molecular formula is C19H26IN3O2. The van der Waals surface area contributed by atoms with Crippen molar-refractivity contribution in [3.8, 4) is 5.75 Å². The van der Waals surface area contributed by atoms with Crippen molar-refractivity contribution in [2.75, 3.05) is 18.5 Å². The van der Waals surface area contributed by atoms with Gasteiger partial charge in [0.1, 0.15) is 18.5 Å². The first kappa shape index (κ1) is 21.2. The van der Waals surface area contributed by atoms with E-state index in [2.05, 4.69) is 23.3 Å². The van der Waals surface area contributed by atoms with E-state index in [4.69, 9.17) is 10.5 Å². The number of nitrogens with one attached hydrogen (secondary N) is 1. The lowest BCUT2D eigenvalue weighted by atomic mass is 10.1. The van der Waals surface area contributed by atoms with E-state index in [0.29, 0.717) is 0 Å². The number of nitrogens with zero attached hydrogens (tertiary/aromatic N) is 1. The standard InChI is InChI=1S/C19H25N3O2.HI/c1-3-15-7-5-8-16(11-15)22-19(20)21-12-17(23)13-24-18-9-4-6-14(2)10-18;/h4-11,17,23H,3,12-13H2,1-2H3,(H3,20,21,22);1H. The molecule has 0 aliphatic carbocycles. The third kappa shape index (κ3) is 7.74. The number of hydrogen-bond donors (Lipinski definition) is 3. The molecule has 4 N–H and O–H groups in total. The van der Waals surface area contributed by atoms with E-state index in [1.807, 2.05) is 49.4 Å². The molecule has 0 aromatic heterocycles. The van der Waals surface area contributed by atoms with E-state index >= 15 is 0 Å². The molecule has 0 heterocycles. The van der Waals surface area contributed by atoms with Crippen LogP contribution >= 0.6 is 24.0 Å². The van der Waals surface area contributed by atoms with Gasteiger partial charge in [-0.3, -0.25) is 4.99 Å². The normalized spacial score (nSPS) is 12.2. The average molecular weight is 455 g/mol. The Morgan fingerprint density at radius 3 is 2.72 bits per heavy atom. The number of aliphatic hydroxyl groups is 1. The number of nitrogens with two attached hydrogens (primary N) is 1. The molecule has 1 unspecified atom stereocenters. The lowest BCUT2D eigenvalue weighted by Crippen LogP contribution is -2.27. The van der Waals surface area contributed by atoms with Gasteiger partial charge >= 0.3 is 0 Å². The highest BCUT2D eigenvalue weighted by Gasteiger charge is 2.05. The van der Waals surface area contributed by atoms with E-state index in [-0.39, 0.29) is 43.1 Å². The van der Waals surface area contributed by atoms with Gasteiger partial charge in [-0.1, -0.05) is 31.2 Å². The van der Waals surface area contributed by atoms with Crippen LogP contribution in [0, 0.1) is 6.92 Å². The third-order valence-corrected chi connectivity index (χ3v) is 3.51. The number of halogens is 1. The zero-order valence-corrected chi connectivity index (χ0v) is 16.9. The summed E-state index contributed by atoms with van der Waals surface area (Å²) in [5.74, 6) is 1.01. The highest BCUT2D eigenvalue weighted by molar-refractivity contribution is 14.0. The van der Waals surface area contributed by atoms with Crippen LogP contribution in [0.5, 0.6) is 5.75 Å². The molecule has 0 spiro atoms. The van der Waals surface area contributed by atoms with Crippen LogP contribution < -0.4 is 15.8 Å². The second-order valence-electron chi connectivity index (χ2n) is 5.69. The van der Waals surface area contributed by atoms with Gasteiger partial charge in [0.25, 0.3) is 0 Å². The molecule has 0 saturated carbocycles. The van der Waals surface area contributed by atoms with Crippen LogP contribution in [0.15, 0.2) is 53.5 Å². The second kappa shape index (κ2) is 10.9. The summed E-state index contributed by atoms with van der Waals surface area (Å²) >= 11 is 0. The van der Waals surface area contributed by atoms with Gasteiger partial charge in [-0.05, 0) is 48.7 Å². The van der Waals surface area contributed by atoms with Crippen molar-refractivity contribution in [1.82, 2.24) is 0 Å². The summed E-state index contributed by atoms with van der Waals surface area (Å²) in [6.07, 6.45) is 0.245. The molecule has 1 atom stereocenters. The second-order valence-corrected chi connectivity index (χ2v) is 5.69. The monoisotopic (exact) mass is 455 g/mol. The maximum atomic E-state index is 9.96. The SMILES string of the molecule is CCc1cccc(NC(N)=NCC(O)COc2cccc(C)c2)c1.I. The zero-order valence-electron chi connectivity index (χ0n) is 14.6. The predicted molar refractivity (Wildman–Crippen MR) is 114 cm³/mol. The number of ether oxygens (including phenoxy) is 1. The fourth-order valence-corrected chi connectivity index (χ4v) is 2.21. The van der Waals surface area contributed by atoms with Crippen molar-refractivity contribution in [2.45, 2.75) is 26.4 Å². The number of aliphatic imine (C=N–C) groups is 1. The van der Waals surface area contributed by atoms with Gasteiger partial charge in [0.15, 0.2) is 5.96 Å². The van der Waals surface area contributed by atoms with Gasteiger partial charge in [-0.15, -0.1) is 24.0 Å². The molecule has 25 heavy (non-hydrogen) atoms. The summed E-state index contributed by atoms with van der Waals surface area (Å²) in [7, 11) is 0. The van der Waals surface area contributed by atoms with Crippen LogP contribution in [0.2, 0.25) is 0 Å². The topological polar surface area (TPSA) is 79.9 Å². The van der Waals surface area contributed by atoms with Gasteiger partial charge in [-0.2, -0.15) is 0 Å². The van der Waals surface area contributed by atoms with E-state index in [1.165, 1.54) is 5.56 Å². The minimum atomic E-state index is -0.715. The fourth-order valence-electron chi connectivity index (χ4n) is 2.21. The maximum absolute atomic E-state index is 9.96. The Hall–Kier alpha value is -1.80. The predicted octanol–water partition coefficient (Wildman–Crippen LogP) is 3.34. The van der Waals surface area contributed by atoms with E-state index in [0.717, 1.165) is 23.4 Å². The summed E-state index contributed by atoms with van der Waals surface area (Å²) < 4.78 is 5.55. The fraction of sp³-hybridized carbons (Fsp3) is 0.316. The van der Waals surface area contributed by atoms with E-state index in [9.17, 15) is 5.11 Å². The first-order valence-electron chi connectivity index (χ1n) is 8.10. The third-order valence-electron chi connectivity index (χ3n) is 3.51. The molecule has 136 valence electrons. The molecule has 6 heteroatoms. The smallest absolute Gasteiger partial charge is 0.193 e. The number of rotatable bonds is 7. The highest BCUT2D eigenvalue weighted by atomic mass is 127. The molecule has 0 radical (unpaired) electrons. The van der Waals surface area contributed by atoms with Crippen molar-refractivity contribution < 1.29 is 9.84 Å². The highest BCUT2D eigenvalue weighted by Crippen LogP contribution is 2.13. The summed E-state index contributed by atoms with van der Waals surface area (Å²) in [5.41, 5.74) is 9.08. The van der Waals surface area contributed by atoms with E-state index < -0.39 is 6.10 Å². The number of benzene rings is 2. The van der Waals surface area contributed by atoms with Crippen molar-refractivity contribution in [2.24, 2.45) is 10.7 Å². The summed E-state index contributed by atoms with van der Waals surface area (Å²) in [5, 5.41) is 13.0. The van der Waals surface area contributed by atoms with Gasteiger partial charge in [0.05, 0.1) is 6.54 Å². The molecule has 0 aliphatic heterocycles. The molecule has 2 aromatic rings. The molecule has 0 fully saturated rings. The van der Waals surface area contributed by atoms with Crippen LogP contribution in [0.4, 0.5) is 5.69 Å². The van der Waals surface area contributed by atoms with Gasteiger partial charge in [0, 0.05) is 5.69 Å². The molecule has 0 aliphatic rings. The molecule has 0 saturated heterocycles. The van der Waals surface area contributed by atoms with Gasteiger partial charge < -0.3 is 20.9 Å². The zero-order chi connectivity index (χ0) is 17.4. The minimum absolute atomic E-state index is 0. The minimum Gasteiger partial charge on any atom is -0.491 e. The number of hydrogen-bond acceptors (Lipinski definition) is 3. The molecule has 0 amide bonds. The Bertz CT molecular complexity index is 692. The Labute approximate surface area is 166 Å². The quantitative estimate of drug-likeness (QED) is 0.340. The van der Waals surface area contributed by atoms with Gasteiger partial charge in [-0.25, -0.2) is 0 Å². The van der Waals surface area contributed by atoms with Crippen LogP contribution in [-0.4, -0.2) is 30.3 Å². The molecule has 2 rings (SSSR count). The summed E-state index contributed by atoms with van der Waals surface area (Å²) in [6.45, 7) is 4.44. The molecule has 5 nitrogen and oxygen atoms in total. The Balaban J connectivity index is 0.00000312. The molecule has 0 bridgehead atoms. The van der Waals surface area contributed by atoms with Crippen LogP contribution in [0.3, 0.4) is 0 Å². The largest absolute Gasteiger partial charge is 0.491 e. The number of aliphatic hydroxyl groups excluding tert-OH is 1. The lowest BCUT2D eigenvalue weighted by molar-refractivity contribution is 0.114.